The van der Waals surface area contributed by atoms with Gasteiger partial charge in [-0.2, -0.15) is 0 Å². The Morgan fingerprint density at radius 2 is 1.90 bits per heavy atom. The van der Waals surface area contributed by atoms with E-state index in [1.165, 1.54) is 5.56 Å². The van der Waals surface area contributed by atoms with Gasteiger partial charge in [0.15, 0.2) is 0 Å². The minimum Gasteiger partial charge on any atom is -0.355 e. The minimum atomic E-state index is 0.666. The average Bonchev–Trinajstić information content (AvgIpc) is 2.49. The second kappa shape index (κ2) is 6.74. The molecule has 0 radical (unpaired) electrons. The second-order valence-corrected chi connectivity index (χ2v) is 5.35. The topological polar surface area (TPSA) is 67.1 Å². The number of anilines is 2. The predicted octanol–water partition coefficient (Wildman–Crippen LogP) is 2.92. The summed E-state index contributed by atoms with van der Waals surface area (Å²) in [5, 5.41) is 0.738. The third-order valence-electron chi connectivity index (χ3n) is 3.31. The van der Waals surface area contributed by atoms with E-state index < -0.39 is 0 Å². The van der Waals surface area contributed by atoms with Gasteiger partial charge in [-0.25, -0.2) is 15.8 Å². The molecule has 3 N–H and O–H groups in total. The molecule has 6 heteroatoms. The molecule has 0 aliphatic rings. The number of nitrogens with one attached hydrogen (secondary N) is 1. The summed E-state index contributed by atoms with van der Waals surface area (Å²) in [6.07, 6.45) is 0.761. The van der Waals surface area contributed by atoms with Crippen LogP contribution < -0.4 is 16.2 Å². The zero-order chi connectivity index (χ0) is 15.4. The molecule has 0 spiro atoms. The first-order chi connectivity index (χ1) is 10.0. The second-order valence-electron chi connectivity index (χ2n) is 4.92. The number of nitrogen functional groups attached to an aromatic ring is 1. The van der Waals surface area contributed by atoms with Gasteiger partial charge in [0, 0.05) is 30.6 Å². The smallest absolute Gasteiger partial charge is 0.148 e. The highest BCUT2D eigenvalue weighted by Gasteiger charge is 2.13. The molecule has 0 aliphatic heterocycles. The van der Waals surface area contributed by atoms with Crippen LogP contribution >= 0.6 is 11.6 Å². The van der Waals surface area contributed by atoms with Crippen molar-refractivity contribution in [2.24, 2.45) is 5.84 Å². The number of halogens is 1. The summed E-state index contributed by atoms with van der Waals surface area (Å²) in [4.78, 5) is 11.1. The Morgan fingerprint density at radius 3 is 2.48 bits per heavy atom. The maximum atomic E-state index is 5.91. The van der Waals surface area contributed by atoms with Crippen molar-refractivity contribution in [2.45, 2.75) is 26.8 Å². The lowest BCUT2D eigenvalue weighted by Crippen LogP contribution is -2.22. The molecule has 1 heterocycles. The number of rotatable bonds is 5. The number of hydrogen-bond acceptors (Lipinski definition) is 5. The summed E-state index contributed by atoms with van der Waals surface area (Å²) in [5.41, 5.74) is 4.74. The van der Waals surface area contributed by atoms with Crippen LogP contribution in [0.1, 0.15) is 23.9 Å². The first-order valence-electron chi connectivity index (χ1n) is 6.84. The Balaban J connectivity index is 2.29. The maximum Gasteiger partial charge on any atom is 0.148 e. The fraction of sp³-hybridized carbons (Fsp3) is 0.333. The molecule has 0 saturated heterocycles. The normalized spacial score (nSPS) is 10.5. The fourth-order valence-corrected chi connectivity index (χ4v) is 2.28. The Bertz CT molecular complexity index is 612. The first-order valence-corrected chi connectivity index (χ1v) is 7.22. The number of hydrazine groups is 1. The highest BCUT2D eigenvalue weighted by Crippen LogP contribution is 2.24. The van der Waals surface area contributed by atoms with Crippen LogP contribution in [-0.4, -0.2) is 17.0 Å². The van der Waals surface area contributed by atoms with Crippen LogP contribution in [0.3, 0.4) is 0 Å². The Labute approximate surface area is 130 Å². The Morgan fingerprint density at radius 1 is 1.24 bits per heavy atom. The molecule has 1 aromatic carbocycles. The summed E-state index contributed by atoms with van der Waals surface area (Å²) in [5.74, 6) is 7.85. The number of hydrogen-bond donors (Lipinski definition) is 2. The molecule has 0 atom stereocenters. The lowest BCUT2D eigenvalue weighted by molar-refractivity contribution is 0.849. The molecule has 0 aliphatic carbocycles. The van der Waals surface area contributed by atoms with Crippen LogP contribution in [0.5, 0.6) is 0 Å². The molecular formula is C15H20ClN5. The quantitative estimate of drug-likeness (QED) is 0.657. The largest absolute Gasteiger partial charge is 0.355 e. The van der Waals surface area contributed by atoms with Gasteiger partial charge < -0.3 is 10.3 Å². The summed E-state index contributed by atoms with van der Waals surface area (Å²) in [6.45, 7) is 4.72. The molecule has 2 rings (SSSR count). The molecular weight excluding hydrogens is 286 g/mol. The van der Waals surface area contributed by atoms with E-state index in [4.69, 9.17) is 17.4 Å². The molecule has 0 amide bonds. The van der Waals surface area contributed by atoms with E-state index >= 15 is 0 Å². The van der Waals surface area contributed by atoms with Crippen molar-refractivity contribution in [2.75, 3.05) is 17.4 Å². The van der Waals surface area contributed by atoms with E-state index in [1.807, 2.05) is 45.2 Å². The lowest BCUT2D eigenvalue weighted by atomic mass is 10.2. The van der Waals surface area contributed by atoms with Gasteiger partial charge in [-0.05, 0) is 24.6 Å². The maximum absolute atomic E-state index is 5.91. The molecule has 1 aromatic heterocycles. The predicted molar refractivity (Wildman–Crippen MR) is 87.5 cm³/mol. The SMILES string of the molecule is CCc1nc(NN)c(C)c(N(C)Cc2ccc(Cl)cc2)n1. The van der Waals surface area contributed by atoms with Crippen molar-refractivity contribution in [1.29, 1.82) is 0 Å². The molecule has 21 heavy (non-hydrogen) atoms. The summed E-state index contributed by atoms with van der Waals surface area (Å²) < 4.78 is 0. The zero-order valence-corrected chi connectivity index (χ0v) is 13.3. The van der Waals surface area contributed by atoms with Gasteiger partial charge in [-0.3, -0.25) is 0 Å². The summed E-state index contributed by atoms with van der Waals surface area (Å²) in [6, 6.07) is 7.81. The van der Waals surface area contributed by atoms with Crippen molar-refractivity contribution in [3.05, 3.63) is 46.2 Å². The van der Waals surface area contributed by atoms with E-state index in [2.05, 4.69) is 20.3 Å². The van der Waals surface area contributed by atoms with Gasteiger partial charge in [0.25, 0.3) is 0 Å². The van der Waals surface area contributed by atoms with Crippen LogP contribution in [0.4, 0.5) is 11.6 Å². The first kappa shape index (κ1) is 15.5. The van der Waals surface area contributed by atoms with Gasteiger partial charge >= 0.3 is 0 Å². The number of benzene rings is 1. The van der Waals surface area contributed by atoms with Gasteiger partial charge in [-0.15, -0.1) is 0 Å². The minimum absolute atomic E-state index is 0.666. The van der Waals surface area contributed by atoms with E-state index in [0.717, 1.165) is 35.2 Å². The summed E-state index contributed by atoms with van der Waals surface area (Å²) >= 11 is 5.91. The van der Waals surface area contributed by atoms with Crippen LogP contribution in [0.25, 0.3) is 0 Å². The van der Waals surface area contributed by atoms with Crippen LogP contribution in [0, 0.1) is 6.92 Å². The molecule has 2 aromatic rings. The summed E-state index contributed by atoms with van der Waals surface area (Å²) in [7, 11) is 2.00. The van der Waals surface area contributed by atoms with Gasteiger partial charge in [0.05, 0.1) is 0 Å². The van der Waals surface area contributed by atoms with Crippen molar-refractivity contribution in [1.82, 2.24) is 9.97 Å². The van der Waals surface area contributed by atoms with E-state index in [0.29, 0.717) is 5.82 Å². The zero-order valence-electron chi connectivity index (χ0n) is 12.5. The van der Waals surface area contributed by atoms with Crippen molar-refractivity contribution < 1.29 is 0 Å². The Kier molecular flexibility index (Phi) is 4.98. The molecule has 0 unspecified atom stereocenters. The van der Waals surface area contributed by atoms with Gasteiger partial charge in [0.2, 0.25) is 0 Å². The van der Waals surface area contributed by atoms with Crippen LogP contribution in [0.15, 0.2) is 24.3 Å². The number of aromatic nitrogens is 2. The monoisotopic (exact) mass is 305 g/mol. The molecule has 112 valence electrons. The molecule has 0 bridgehead atoms. The van der Waals surface area contributed by atoms with Crippen molar-refractivity contribution in [3.8, 4) is 0 Å². The molecule has 0 saturated carbocycles. The van der Waals surface area contributed by atoms with E-state index in [1.54, 1.807) is 0 Å². The third kappa shape index (κ3) is 3.62. The van der Waals surface area contributed by atoms with Crippen LogP contribution in [-0.2, 0) is 13.0 Å². The van der Waals surface area contributed by atoms with Gasteiger partial charge in [0.1, 0.15) is 17.5 Å². The van der Waals surface area contributed by atoms with Crippen molar-refractivity contribution >= 4 is 23.2 Å². The molecule has 0 fully saturated rings. The third-order valence-corrected chi connectivity index (χ3v) is 3.57. The Hall–Kier alpha value is -1.85. The van der Waals surface area contributed by atoms with Crippen LogP contribution in [0.2, 0.25) is 5.02 Å². The highest BCUT2D eigenvalue weighted by molar-refractivity contribution is 6.30. The number of nitrogens with two attached hydrogens (primary N) is 1. The molecule has 5 nitrogen and oxygen atoms in total. The standard InChI is InChI=1S/C15H20ClN5/c1-4-13-18-14(20-17)10(2)15(19-13)21(3)9-11-5-7-12(16)8-6-11/h5-8H,4,9,17H2,1-3H3,(H,18,19,20). The number of nitrogens with zero attached hydrogens (tertiary/aromatic N) is 3. The fourth-order valence-electron chi connectivity index (χ4n) is 2.16. The lowest BCUT2D eigenvalue weighted by Gasteiger charge is -2.22. The van der Waals surface area contributed by atoms with Gasteiger partial charge in [-0.1, -0.05) is 30.7 Å². The highest BCUT2D eigenvalue weighted by atomic mass is 35.5. The van der Waals surface area contributed by atoms with E-state index in [9.17, 15) is 0 Å². The van der Waals surface area contributed by atoms with Crippen molar-refractivity contribution in [3.63, 3.8) is 0 Å². The number of aryl methyl sites for hydroxylation is 1. The average molecular weight is 306 g/mol. The van der Waals surface area contributed by atoms with E-state index in [-0.39, 0.29) is 0 Å².